The lowest BCUT2D eigenvalue weighted by molar-refractivity contribution is -0.274. The van der Waals surface area contributed by atoms with E-state index >= 15 is 0 Å². The Morgan fingerprint density at radius 3 is 2.56 bits per heavy atom. The van der Waals surface area contributed by atoms with E-state index in [1.165, 1.54) is 0 Å². The monoisotopic (exact) mass is 377 g/mol. The molecule has 1 atom stereocenters. The summed E-state index contributed by atoms with van der Waals surface area (Å²) >= 11 is 0. The Bertz CT molecular complexity index is 878. The van der Waals surface area contributed by atoms with Crippen LogP contribution in [0.3, 0.4) is 0 Å². The molecule has 1 aliphatic rings. The van der Waals surface area contributed by atoms with Crippen LogP contribution in [0.15, 0.2) is 17.9 Å². The number of alkyl halides is 6. The van der Waals surface area contributed by atoms with Gasteiger partial charge in [0, 0.05) is 12.4 Å². The summed E-state index contributed by atoms with van der Waals surface area (Å²) in [7, 11) is 0. The van der Waals surface area contributed by atoms with Crippen LogP contribution < -0.4 is 9.47 Å². The van der Waals surface area contributed by atoms with Crippen molar-refractivity contribution in [1.29, 1.82) is 0 Å². The fourth-order valence-corrected chi connectivity index (χ4v) is 1.96. The van der Waals surface area contributed by atoms with Crippen molar-refractivity contribution in [2.45, 2.75) is 31.9 Å². The molecular formula is C14H10F6O5. The maximum Gasteiger partial charge on any atom is 0.573 e. The lowest BCUT2D eigenvalue weighted by Gasteiger charge is -2.29. The lowest BCUT2D eigenvalue weighted by atomic mass is 10.0. The summed E-state index contributed by atoms with van der Waals surface area (Å²) in [6.07, 6.45) is -19.0. The number of rotatable bonds is 3. The highest BCUT2D eigenvalue weighted by Gasteiger charge is 2.48. The predicted octanol–water partition coefficient (Wildman–Crippen LogP) is 4.51. The third kappa shape index (κ3) is 4.48. The maximum atomic E-state index is 13.3. The van der Waals surface area contributed by atoms with Crippen LogP contribution in [0.2, 0.25) is 0 Å². The summed E-state index contributed by atoms with van der Waals surface area (Å²) in [5.74, 6) is -3.62. The Labute approximate surface area is 143 Å². The number of ether oxygens (including phenoxy) is 3. The van der Waals surface area contributed by atoms with E-state index in [0.29, 0.717) is 12.1 Å². The second-order valence-corrected chi connectivity index (χ2v) is 4.52. The number of aryl methyl sites for hydroxylation is 1. The van der Waals surface area contributed by atoms with E-state index in [2.05, 4.69) is 14.2 Å². The Kier molecular flexibility index (Phi) is 3.24. The highest BCUT2D eigenvalue weighted by atomic mass is 19.4. The molecule has 2 rings (SSSR count). The van der Waals surface area contributed by atoms with Crippen LogP contribution >= 0.6 is 0 Å². The molecule has 0 fully saturated rings. The molecule has 0 spiro atoms. The van der Waals surface area contributed by atoms with Crippen molar-refractivity contribution < 1.29 is 57.3 Å². The number of fused-ring (bicyclic) bond motifs is 1. The van der Waals surface area contributed by atoms with Gasteiger partial charge in [-0.2, -0.15) is 13.2 Å². The van der Waals surface area contributed by atoms with Gasteiger partial charge in [0.15, 0.2) is 5.76 Å². The number of carboxylic acid groups (broad SMARTS) is 1. The molecule has 0 bridgehead atoms. The Morgan fingerprint density at radius 1 is 1.36 bits per heavy atom. The van der Waals surface area contributed by atoms with E-state index in [4.69, 9.17) is 12.0 Å². The van der Waals surface area contributed by atoms with Gasteiger partial charge >= 0.3 is 18.7 Å². The number of benzene rings is 1. The summed E-state index contributed by atoms with van der Waals surface area (Å²) in [4.78, 5) is 10.7. The first kappa shape index (κ1) is 12.7. The minimum Gasteiger partial charge on any atom is -0.472 e. The smallest absolute Gasteiger partial charge is 0.472 e. The van der Waals surface area contributed by atoms with Gasteiger partial charge in [0.05, 0.1) is 0 Å². The van der Waals surface area contributed by atoms with Gasteiger partial charge in [-0.05, 0) is 30.1 Å². The first-order valence-electron chi connectivity index (χ1n) is 8.63. The molecular weight excluding hydrogens is 362 g/mol. The molecule has 138 valence electrons. The highest BCUT2D eigenvalue weighted by molar-refractivity contribution is 5.69. The van der Waals surface area contributed by atoms with Gasteiger partial charge in [-0.25, -0.2) is 4.79 Å². The molecule has 1 heterocycles. The minimum absolute atomic E-state index is 0.239. The average molecular weight is 377 g/mol. The SMILES string of the molecule is [2H]C([2H])([2H])C([2H])([2H])c1cc(OC(F)(F)F)cc2c1OC(C(F)(F)F)C(OC(=O)O)=C2. The van der Waals surface area contributed by atoms with E-state index in [0.717, 1.165) is 0 Å². The zero-order chi connectivity index (χ0) is 23.3. The van der Waals surface area contributed by atoms with Crippen LogP contribution in [-0.4, -0.2) is 29.9 Å². The molecule has 1 aromatic rings. The van der Waals surface area contributed by atoms with Gasteiger partial charge < -0.3 is 19.3 Å². The molecule has 11 heteroatoms. The molecule has 0 saturated heterocycles. The largest absolute Gasteiger partial charge is 0.573 e. The molecule has 1 N–H and O–H groups in total. The molecule has 1 unspecified atom stereocenters. The van der Waals surface area contributed by atoms with Crippen LogP contribution in [0.25, 0.3) is 6.08 Å². The number of hydrogen-bond acceptors (Lipinski definition) is 4. The van der Waals surface area contributed by atoms with Crippen molar-refractivity contribution in [1.82, 2.24) is 0 Å². The van der Waals surface area contributed by atoms with Crippen molar-refractivity contribution in [2.75, 3.05) is 0 Å². The first-order valence-corrected chi connectivity index (χ1v) is 6.13. The molecule has 0 radical (unpaired) electrons. The second kappa shape index (κ2) is 6.37. The normalized spacial score (nSPS) is 21.3. The molecule has 0 saturated carbocycles. The van der Waals surface area contributed by atoms with Gasteiger partial charge in [-0.1, -0.05) is 6.85 Å². The average Bonchev–Trinajstić information content (AvgIpc) is 2.48. The molecule has 0 aliphatic carbocycles. The Balaban J connectivity index is 2.79. The van der Waals surface area contributed by atoms with Crippen molar-refractivity contribution in [3.63, 3.8) is 0 Å². The summed E-state index contributed by atoms with van der Waals surface area (Å²) < 4.78 is 127. The Morgan fingerprint density at radius 2 is 2.04 bits per heavy atom. The third-order valence-corrected chi connectivity index (χ3v) is 2.75. The Hall–Kier alpha value is -2.59. The summed E-state index contributed by atoms with van der Waals surface area (Å²) in [5, 5.41) is 8.60. The fourth-order valence-electron chi connectivity index (χ4n) is 1.96. The fraction of sp³-hybridized carbons (Fsp3) is 0.357. The number of halogens is 6. The van der Waals surface area contributed by atoms with E-state index in [1.807, 2.05) is 0 Å². The standard InChI is InChI=1S/C14H10F6O5/c1-2-6-3-8(25-14(18,19)20)4-7-5-9(23-12(21)22)11(13(15,16)17)24-10(6)7/h3-5,11H,2H2,1H3,(H,21,22)/i1D3,2D2. The first-order chi connectivity index (χ1) is 13.3. The van der Waals surface area contributed by atoms with Crippen molar-refractivity contribution in [3.05, 3.63) is 29.0 Å². The molecule has 1 aliphatic heterocycles. The molecule has 0 aromatic heterocycles. The molecule has 1 aromatic carbocycles. The van der Waals surface area contributed by atoms with E-state index in [-0.39, 0.29) is 6.07 Å². The molecule has 25 heavy (non-hydrogen) atoms. The van der Waals surface area contributed by atoms with Gasteiger partial charge in [-0.3, -0.25) is 0 Å². The van der Waals surface area contributed by atoms with Crippen molar-refractivity contribution in [2.24, 2.45) is 0 Å². The molecule has 0 amide bonds. The highest BCUT2D eigenvalue weighted by Crippen LogP contribution is 2.42. The van der Waals surface area contributed by atoms with Gasteiger partial charge in [0.25, 0.3) is 6.10 Å². The predicted molar refractivity (Wildman–Crippen MR) is 70.1 cm³/mol. The summed E-state index contributed by atoms with van der Waals surface area (Å²) in [6.45, 7) is -3.53. The van der Waals surface area contributed by atoms with E-state index < -0.39 is 66.4 Å². The number of carbonyl (C=O) groups is 1. The third-order valence-electron chi connectivity index (χ3n) is 2.75. The van der Waals surface area contributed by atoms with Gasteiger partial charge in [0.2, 0.25) is 0 Å². The minimum atomic E-state index is -5.31. The van der Waals surface area contributed by atoms with Gasteiger partial charge in [-0.15, -0.1) is 13.2 Å². The number of hydrogen-bond donors (Lipinski definition) is 1. The van der Waals surface area contributed by atoms with Crippen molar-refractivity contribution >= 4 is 12.2 Å². The second-order valence-electron chi connectivity index (χ2n) is 4.52. The lowest BCUT2D eigenvalue weighted by Crippen LogP contribution is -2.39. The quantitative estimate of drug-likeness (QED) is 0.620. The van der Waals surface area contributed by atoms with Crippen LogP contribution in [-0.2, 0) is 11.1 Å². The summed E-state index contributed by atoms with van der Waals surface area (Å²) in [6, 6.07) is 0.697. The van der Waals surface area contributed by atoms with Crippen molar-refractivity contribution in [3.8, 4) is 11.5 Å². The zero-order valence-electron chi connectivity index (χ0n) is 16.7. The van der Waals surface area contributed by atoms with E-state index in [9.17, 15) is 31.1 Å². The topological polar surface area (TPSA) is 65.0 Å². The zero-order valence-corrected chi connectivity index (χ0v) is 11.7. The van der Waals surface area contributed by atoms with Crippen LogP contribution in [0.5, 0.6) is 11.5 Å². The van der Waals surface area contributed by atoms with Crippen LogP contribution in [0.4, 0.5) is 31.1 Å². The maximum absolute atomic E-state index is 13.3. The van der Waals surface area contributed by atoms with Crippen LogP contribution in [0, 0.1) is 0 Å². The summed E-state index contributed by atoms with van der Waals surface area (Å²) in [5.41, 5.74) is -1.92. The van der Waals surface area contributed by atoms with E-state index in [1.54, 1.807) is 0 Å². The van der Waals surface area contributed by atoms with Gasteiger partial charge in [0.1, 0.15) is 11.5 Å². The molecule has 5 nitrogen and oxygen atoms in total. The van der Waals surface area contributed by atoms with Crippen LogP contribution in [0.1, 0.15) is 24.8 Å².